The number of carbonyl (C=O) groups is 4. The van der Waals surface area contributed by atoms with E-state index in [0.29, 0.717) is 25.4 Å². The number of benzene rings is 1. The van der Waals surface area contributed by atoms with Crippen molar-refractivity contribution in [1.82, 2.24) is 31.3 Å². The summed E-state index contributed by atoms with van der Waals surface area (Å²) in [4.78, 5) is 53.5. The van der Waals surface area contributed by atoms with E-state index >= 15 is 0 Å². The molecular formula is C28H38N6O6. The maximum Gasteiger partial charge on any atom is 0.274 e. The third-order valence-electron chi connectivity index (χ3n) is 6.42. The third-order valence-corrected chi connectivity index (χ3v) is 6.42. The lowest BCUT2D eigenvalue weighted by Crippen LogP contribution is -2.58. The highest BCUT2D eigenvalue weighted by Crippen LogP contribution is 2.10. The quantitative estimate of drug-likeness (QED) is 0.355. The second-order valence-corrected chi connectivity index (χ2v) is 10.2. The summed E-state index contributed by atoms with van der Waals surface area (Å²) in [6, 6.07) is 8.05. The zero-order valence-corrected chi connectivity index (χ0v) is 23.2. The topological polar surface area (TPSA) is 166 Å². The number of aliphatic hydroxyl groups excluding tert-OH is 1. The lowest BCUT2D eigenvalue weighted by molar-refractivity contribution is -0.133. The molecule has 3 rings (SSSR count). The molecule has 1 aromatic carbocycles. The summed E-state index contributed by atoms with van der Waals surface area (Å²) in [7, 11) is 0. The van der Waals surface area contributed by atoms with E-state index in [0.717, 1.165) is 5.56 Å². The van der Waals surface area contributed by atoms with Crippen LogP contribution in [0.25, 0.3) is 6.08 Å². The van der Waals surface area contributed by atoms with Crippen LogP contribution in [-0.4, -0.2) is 82.7 Å². The van der Waals surface area contributed by atoms with Crippen molar-refractivity contribution in [2.24, 2.45) is 5.92 Å². The number of rotatable bonds is 5. The summed E-state index contributed by atoms with van der Waals surface area (Å²) in [5, 5.41) is 24.5. The van der Waals surface area contributed by atoms with Crippen LogP contribution in [0.4, 0.5) is 0 Å². The summed E-state index contributed by atoms with van der Waals surface area (Å²) >= 11 is 0. The Morgan fingerprint density at radius 2 is 1.75 bits per heavy atom. The monoisotopic (exact) mass is 554 g/mol. The summed E-state index contributed by atoms with van der Waals surface area (Å²) in [5.74, 6) is -2.22. The van der Waals surface area contributed by atoms with Gasteiger partial charge in [0.2, 0.25) is 17.7 Å². The first-order valence-corrected chi connectivity index (χ1v) is 13.3. The number of aromatic nitrogens is 1. The number of amides is 4. The molecule has 5 N–H and O–H groups in total. The minimum Gasteiger partial charge on any atom is -0.391 e. The predicted octanol–water partition coefficient (Wildman–Crippen LogP) is 0.445. The number of nitrogens with one attached hydrogen (secondary N) is 4. The van der Waals surface area contributed by atoms with Crippen molar-refractivity contribution in [2.75, 3.05) is 19.6 Å². The number of nitrogens with zero attached hydrogens (tertiary/aromatic N) is 2. The van der Waals surface area contributed by atoms with E-state index in [1.54, 1.807) is 13.8 Å². The van der Waals surface area contributed by atoms with Gasteiger partial charge in [0.05, 0.1) is 12.6 Å². The molecule has 0 fully saturated rings. The Kier molecular flexibility index (Phi) is 11.0. The van der Waals surface area contributed by atoms with E-state index in [4.69, 9.17) is 4.52 Å². The van der Waals surface area contributed by atoms with Gasteiger partial charge < -0.3 is 30.9 Å². The van der Waals surface area contributed by atoms with Gasteiger partial charge in [0.15, 0.2) is 11.5 Å². The van der Waals surface area contributed by atoms with E-state index in [9.17, 15) is 24.3 Å². The van der Waals surface area contributed by atoms with E-state index in [-0.39, 0.29) is 24.1 Å². The van der Waals surface area contributed by atoms with Gasteiger partial charge in [0.1, 0.15) is 18.1 Å². The van der Waals surface area contributed by atoms with Crippen LogP contribution in [-0.2, 0) is 20.9 Å². The fourth-order valence-corrected chi connectivity index (χ4v) is 4.10. The lowest BCUT2D eigenvalue weighted by atomic mass is 10.0. The molecule has 12 nitrogen and oxygen atoms in total. The Morgan fingerprint density at radius 3 is 2.42 bits per heavy atom. The van der Waals surface area contributed by atoms with Crippen LogP contribution in [0.5, 0.6) is 0 Å². The van der Waals surface area contributed by atoms with Gasteiger partial charge in [-0.3, -0.25) is 24.1 Å². The maximum atomic E-state index is 13.0. The maximum absolute atomic E-state index is 13.0. The van der Waals surface area contributed by atoms with E-state index < -0.39 is 42.0 Å². The molecule has 2 heterocycles. The van der Waals surface area contributed by atoms with Crippen molar-refractivity contribution in [3.63, 3.8) is 0 Å². The molecular weight excluding hydrogens is 516 g/mol. The highest BCUT2D eigenvalue weighted by atomic mass is 16.5. The molecule has 0 spiro atoms. The van der Waals surface area contributed by atoms with Gasteiger partial charge in [-0.15, -0.1) is 0 Å². The second kappa shape index (κ2) is 14.4. The van der Waals surface area contributed by atoms with Crippen LogP contribution in [0.1, 0.15) is 49.5 Å². The number of hydrogen-bond donors (Lipinski definition) is 5. The van der Waals surface area contributed by atoms with Crippen LogP contribution in [0.2, 0.25) is 0 Å². The number of carbonyl (C=O) groups excluding carboxylic acids is 4. The lowest BCUT2D eigenvalue weighted by Gasteiger charge is -2.26. The van der Waals surface area contributed by atoms with Crippen molar-refractivity contribution in [2.45, 2.75) is 58.5 Å². The average Bonchev–Trinajstić information content (AvgIpc) is 3.38. The van der Waals surface area contributed by atoms with Gasteiger partial charge in [0, 0.05) is 25.7 Å². The van der Waals surface area contributed by atoms with Crippen LogP contribution < -0.4 is 21.3 Å². The van der Waals surface area contributed by atoms with Gasteiger partial charge >= 0.3 is 0 Å². The van der Waals surface area contributed by atoms with Gasteiger partial charge in [-0.1, -0.05) is 61.5 Å². The van der Waals surface area contributed by atoms with Crippen LogP contribution >= 0.6 is 0 Å². The van der Waals surface area contributed by atoms with Crippen molar-refractivity contribution >= 4 is 29.7 Å². The SMILES string of the molecule is CC(C)[C@@H]1NC(=O)[C@H](C)NC(=O)[C@H]([C@@H](C)O)NC(=O)c2cc(on2)CN(C/C=C/c2ccccc2)CCNC1=O. The molecule has 0 unspecified atom stereocenters. The molecule has 0 radical (unpaired) electrons. The first kappa shape index (κ1) is 30.5. The normalized spacial score (nSPS) is 23.1. The summed E-state index contributed by atoms with van der Waals surface area (Å²) in [5.41, 5.74) is 0.977. The molecule has 1 aliphatic heterocycles. The second-order valence-electron chi connectivity index (χ2n) is 10.2. The Balaban J connectivity index is 1.85. The Hall–Kier alpha value is -4.03. The third kappa shape index (κ3) is 8.75. The zero-order chi connectivity index (χ0) is 29.2. The molecule has 4 amide bonds. The largest absolute Gasteiger partial charge is 0.391 e. The van der Waals surface area contributed by atoms with Gasteiger partial charge in [-0.25, -0.2) is 0 Å². The first-order valence-electron chi connectivity index (χ1n) is 13.3. The smallest absolute Gasteiger partial charge is 0.274 e. The molecule has 4 atom stereocenters. The summed E-state index contributed by atoms with van der Waals surface area (Å²) in [6.07, 6.45) is 2.70. The summed E-state index contributed by atoms with van der Waals surface area (Å²) in [6.45, 7) is 7.95. The minimum absolute atomic E-state index is 0.0618. The van der Waals surface area contributed by atoms with Gasteiger partial charge in [-0.05, 0) is 25.3 Å². The van der Waals surface area contributed by atoms with E-state index in [1.165, 1.54) is 19.9 Å². The molecule has 0 saturated heterocycles. The fourth-order valence-electron chi connectivity index (χ4n) is 4.10. The zero-order valence-electron chi connectivity index (χ0n) is 23.2. The fraction of sp³-hybridized carbons (Fsp3) is 0.464. The van der Waals surface area contributed by atoms with Gasteiger partial charge in [-0.2, -0.15) is 0 Å². The molecule has 0 aliphatic carbocycles. The molecule has 1 aromatic heterocycles. The van der Waals surface area contributed by atoms with E-state index in [2.05, 4.69) is 26.4 Å². The Bertz CT molecular complexity index is 1190. The van der Waals surface area contributed by atoms with Crippen LogP contribution in [0.15, 0.2) is 47.0 Å². The van der Waals surface area contributed by atoms with Crippen LogP contribution in [0.3, 0.4) is 0 Å². The number of aliphatic hydroxyl groups is 1. The molecule has 1 aliphatic rings. The molecule has 2 bridgehead atoms. The Labute approximate surface area is 233 Å². The Morgan fingerprint density at radius 1 is 1.02 bits per heavy atom. The van der Waals surface area contributed by atoms with E-state index in [1.807, 2.05) is 47.4 Å². The van der Waals surface area contributed by atoms with Crippen molar-refractivity contribution in [3.8, 4) is 0 Å². The van der Waals surface area contributed by atoms with Crippen LogP contribution in [0, 0.1) is 5.92 Å². The standard InChI is InChI=1S/C28H38N6O6/c1-17(2)23-27(38)29-12-14-34(13-8-11-20-9-6-5-7-10-20)16-21-15-22(33-40-21)26(37)32-24(19(4)35)28(39)30-18(3)25(36)31-23/h5-11,15,17-19,23-24,35H,12-14,16H2,1-4H3,(H,29,38)(H,30,39)(H,31,36)(H,32,37)/b11-8+/t18-,19+,23-,24-/m0/s1. The highest BCUT2D eigenvalue weighted by Gasteiger charge is 2.31. The molecule has 2 aromatic rings. The predicted molar refractivity (Wildman–Crippen MR) is 148 cm³/mol. The molecule has 0 saturated carbocycles. The molecule has 40 heavy (non-hydrogen) atoms. The number of fused-ring (bicyclic) bond motifs is 2. The minimum atomic E-state index is -1.36. The average molecular weight is 555 g/mol. The highest BCUT2D eigenvalue weighted by molar-refractivity contribution is 5.97. The van der Waals surface area contributed by atoms with Crippen molar-refractivity contribution in [3.05, 3.63) is 59.5 Å². The van der Waals surface area contributed by atoms with Crippen molar-refractivity contribution < 1.29 is 28.8 Å². The van der Waals surface area contributed by atoms with Gasteiger partial charge in [0.25, 0.3) is 5.91 Å². The molecule has 12 heteroatoms. The first-order chi connectivity index (χ1) is 19.0. The summed E-state index contributed by atoms with van der Waals surface area (Å²) < 4.78 is 5.39. The number of hydrogen-bond acceptors (Lipinski definition) is 8. The molecule has 216 valence electrons. The van der Waals surface area contributed by atoms with Crippen molar-refractivity contribution in [1.29, 1.82) is 0 Å².